The third-order valence-electron chi connectivity index (χ3n) is 20.9. The number of rotatable bonds is 10. The summed E-state index contributed by atoms with van der Waals surface area (Å²) in [6.07, 6.45) is 0. The summed E-state index contributed by atoms with van der Waals surface area (Å²) in [5.41, 5.74) is 25.5. The molecule has 5 heterocycles. The normalized spacial score (nSPS) is 12.9. The van der Waals surface area contributed by atoms with E-state index in [1.54, 1.807) is 0 Å². The maximum Gasteiger partial charge on any atom is 0.252 e. The largest absolute Gasteiger partial charge is 0.311 e. The van der Waals surface area contributed by atoms with Crippen LogP contribution in [0, 0.1) is 0 Å². The van der Waals surface area contributed by atoms with Gasteiger partial charge in [-0.3, -0.25) is 0 Å². The van der Waals surface area contributed by atoms with Crippen molar-refractivity contribution in [2.45, 2.75) is 105 Å². The number of fused-ring (bicyclic) bond motifs is 7. The van der Waals surface area contributed by atoms with Crippen LogP contribution >= 0.6 is 0 Å². The fourth-order valence-corrected chi connectivity index (χ4v) is 15.2. The Labute approximate surface area is 610 Å². The van der Waals surface area contributed by atoms with E-state index in [4.69, 9.17) is 29.9 Å². The van der Waals surface area contributed by atoms with Gasteiger partial charge in [0.25, 0.3) is 6.71 Å². The summed E-state index contributed by atoms with van der Waals surface area (Å²) >= 11 is 0. The molecule has 2 aliphatic rings. The lowest BCUT2D eigenvalue weighted by molar-refractivity contribution is 0.568. The topological polar surface area (TPSA) is 88.8 Å². The molecule has 0 N–H and O–H groups in total. The molecule has 10 heteroatoms. The smallest absolute Gasteiger partial charge is 0.252 e. The van der Waals surface area contributed by atoms with Gasteiger partial charge < -0.3 is 14.4 Å². The van der Waals surface area contributed by atoms with Crippen molar-refractivity contribution >= 4 is 79.0 Å². The highest BCUT2D eigenvalue weighted by Crippen LogP contribution is 2.50. The van der Waals surface area contributed by atoms with Crippen molar-refractivity contribution in [2.24, 2.45) is 0 Å². The number of hydrogen-bond donors (Lipinski definition) is 0. The van der Waals surface area contributed by atoms with E-state index in [2.05, 4.69) is 279 Å². The molecule has 0 unspecified atom stereocenters. The Morgan fingerprint density at radius 2 is 0.625 bits per heavy atom. The van der Waals surface area contributed by atoms with Gasteiger partial charge in [0.1, 0.15) is 0 Å². The monoisotopic (exact) mass is 1350 g/mol. The van der Waals surface area contributed by atoms with Crippen molar-refractivity contribution in [3.63, 3.8) is 0 Å². The maximum absolute atomic E-state index is 5.53. The Morgan fingerprint density at radius 1 is 0.260 bits per heavy atom. The van der Waals surface area contributed by atoms with Crippen LogP contribution in [0.3, 0.4) is 0 Å². The van der Waals surface area contributed by atoms with Gasteiger partial charge in [-0.25, -0.2) is 29.9 Å². The minimum absolute atomic E-state index is 0.0653. The average molecular weight is 1350 g/mol. The molecule has 0 atom stereocenters. The molecule has 15 aromatic rings. The lowest BCUT2D eigenvalue weighted by Gasteiger charge is -2.45. The van der Waals surface area contributed by atoms with E-state index in [1.165, 1.54) is 50.0 Å². The summed E-state index contributed by atoms with van der Waals surface area (Å²) in [5, 5.41) is 2.18. The Kier molecular flexibility index (Phi) is 15.7. The standard InChI is InChI=1S/C94H82BN9/c1-91(2,3)65-53-66(92(4,5)6)56-69(55-65)102-78-45-29-26-42-74(78)95-75-43-27-30-46-79(75)103(70-57-67(93(7,8)9)54-68(58-70)94(10,11)12)82-52-64(51-81(102)84(82)95)63-48-49-77-73(50-63)71-40-25-28-44-76(71)104(77)80-47-31-41-72(89-98-85(59-32-17-13-18-33-59)96-86(99-89)60-34-19-14-20-35-60)83(80)90-100-87(61-36-21-15-22-37-61)97-88(101-90)62-38-23-16-24-39-62/h13-58H,1-12H3. The molecule has 9 nitrogen and oxygen atoms in total. The molecule has 104 heavy (non-hydrogen) atoms. The third-order valence-corrected chi connectivity index (χ3v) is 20.9. The third kappa shape index (κ3) is 11.6. The Morgan fingerprint density at radius 3 is 1.06 bits per heavy atom. The van der Waals surface area contributed by atoms with E-state index in [1.807, 2.05) is 97.1 Å². The van der Waals surface area contributed by atoms with E-state index in [0.29, 0.717) is 34.9 Å². The van der Waals surface area contributed by atoms with Gasteiger partial charge >= 0.3 is 0 Å². The van der Waals surface area contributed by atoms with Crippen molar-refractivity contribution in [1.29, 1.82) is 0 Å². The van der Waals surface area contributed by atoms with Crippen LogP contribution in [0.4, 0.5) is 34.1 Å². The summed E-state index contributed by atoms with van der Waals surface area (Å²) < 4.78 is 2.39. The van der Waals surface area contributed by atoms with E-state index in [-0.39, 0.29) is 28.4 Å². The van der Waals surface area contributed by atoms with Crippen molar-refractivity contribution in [1.82, 2.24) is 34.5 Å². The summed E-state index contributed by atoms with van der Waals surface area (Å²) in [7, 11) is 0. The molecule has 17 rings (SSSR count). The summed E-state index contributed by atoms with van der Waals surface area (Å²) in [4.78, 5) is 37.5. The molecule has 0 spiro atoms. The highest BCUT2D eigenvalue weighted by molar-refractivity contribution is 7.00. The molecule has 506 valence electrons. The van der Waals surface area contributed by atoms with Gasteiger partial charge in [0, 0.05) is 72.7 Å². The Bertz CT molecular complexity index is 5530. The molecule has 0 saturated heterocycles. The molecule has 0 aliphatic carbocycles. The predicted octanol–water partition coefficient (Wildman–Crippen LogP) is 22.1. The number of anilines is 6. The van der Waals surface area contributed by atoms with Gasteiger partial charge in [-0.15, -0.1) is 0 Å². The number of para-hydroxylation sites is 3. The summed E-state index contributed by atoms with van der Waals surface area (Å²) in [6, 6.07) is 101. The van der Waals surface area contributed by atoms with Crippen LogP contribution in [0.1, 0.15) is 105 Å². The van der Waals surface area contributed by atoms with Crippen LogP contribution in [-0.4, -0.2) is 41.2 Å². The van der Waals surface area contributed by atoms with Gasteiger partial charge in [0.05, 0.1) is 22.3 Å². The van der Waals surface area contributed by atoms with Gasteiger partial charge in [-0.05, 0) is 144 Å². The molecule has 2 aliphatic heterocycles. The Hall–Kier alpha value is -11.9. The van der Waals surface area contributed by atoms with Crippen molar-refractivity contribution < 1.29 is 0 Å². The Balaban J connectivity index is 0.948. The zero-order chi connectivity index (χ0) is 71.6. The maximum atomic E-state index is 5.53. The lowest BCUT2D eigenvalue weighted by atomic mass is 9.33. The molecule has 0 bridgehead atoms. The van der Waals surface area contributed by atoms with E-state index in [9.17, 15) is 0 Å². The molecular formula is C94H82BN9. The zero-order valence-electron chi connectivity index (χ0n) is 61.2. The second-order valence-corrected chi connectivity index (χ2v) is 32.0. The van der Waals surface area contributed by atoms with Crippen molar-refractivity contribution in [3.8, 4) is 85.1 Å². The molecule has 0 fully saturated rings. The van der Waals surface area contributed by atoms with Gasteiger partial charge in [-0.2, -0.15) is 0 Å². The van der Waals surface area contributed by atoms with Crippen LogP contribution in [0.2, 0.25) is 0 Å². The highest BCUT2D eigenvalue weighted by Gasteiger charge is 2.44. The number of hydrogen-bond acceptors (Lipinski definition) is 8. The van der Waals surface area contributed by atoms with E-state index < -0.39 is 0 Å². The number of benzene rings is 12. The summed E-state index contributed by atoms with van der Waals surface area (Å²) in [6.45, 7) is 28.0. The van der Waals surface area contributed by atoms with Crippen LogP contribution in [0.15, 0.2) is 279 Å². The fourth-order valence-electron chi connectivity index (χ4n) is 15.2. The number of aromatic nitrogens is 7. The minimum atomic E-state index is -0.128. The first kappa shape index (κ1) is 65.4. The zero-order valence-corrected chi connectivity index (χ0v) is 61.2. The number of nitrogens with zero attached hydrogens (tertiary/aromatic N) is 9. The first-order valence-corrected chi connectivity index (χ1v) is 36.3. The molecule has 3 aromatic heterocycles. The second-order valence-electron chi connectivity index (χ2n) is 32.0. The van der Waals surface area contributed by atoms with E-state index in [0.717, 1.165) is 94.8 Å². The molecule has 0 radical (unpaired) electrons. The lowest BCUT2D eigenvalue weighted by Crippen LogP contribution is -2.61. The summed E-state index contributed by atoms with van der Waals surface area (Å²) in [5.74, 6) is 3.13. The van der Waals surface area contributed by atoms with Crippen molar-refractivity contribution in [3.05, 3.63) is 301 Å². The van der Waals surface area contributed by atoms with Crippen LogP contribution in [0.5, 0.6) is 0 Å². The van der Waals surface area contributed by atoms with Crippen molar-refractivity contribution in [2.75, 3.05) is 9.80 Å². The minimum Gasteiger partial charge on any atom is -0.311 e. The fraction of sp³-hybridized carbons (Fsp3) is 0.170. The SMILES string of the molecule is CC(C)(C)c1cc(N2c3ccccc3B3c4ccccc4N(c4cc(C(C)(C)C)cc(C(C)(C)C)c4)c4cc(-c5ccc6c(c5)c5ccccc5n6-c5cccc(-c6nc(-c7ccccc7)nc(-c7ccccc7)n6)c5-c5nc(-c6ccccc6)nc(-c6ccccc6)n5)cc2c43)cc(C(C)(C)C)c1. The molecule has 12 aromatic carbocycles. The van der Waals surface area contributed by atoms with E-state index >= 15 is 0 Å². The van der Waals surface area contributed by atoms with Gasteiger partial charge in [0.15, 0.2) is 34.9 Å². The first-order chi connectivity index (χ1) is 50.1. The predicted molar refractivity (Wildman–Crippen MR) is 434 cm³/mol. The van der Waals surface area contributed by atoms with Crippen LogP contribution in [-0.2, 0) is 21.7 Å². The molecular weight excluding hydrogens is 1270 g/mol. The molecule has 0 amide bonds. The van der Waals surface area contributed by atoms with Crippen LogP contribution < -0.4 is 26.2 Å². The molecule has 0 saturated carbocycles. The average Bonchev–Trinajstić information content (AvgIpc) is 0.779. The van der Waals surface area contributed by atoms with Gasteiger partial charge in [-0.1, -0.05) is 289 Å². The van der Waals surface area contributed by atoms with Crippen LogP contribution in [0.25, 0.3) is 107 Å². The highest BCUT2D eigenvalue weighted by atomic mass is 15.2. The quantitative estimate of drug-likeness (QED) is 0.125. The van der Waals surface area contributed by atoms with Gasteiger partial charge in [0.2, 0.25) is 0 Å². The second kappa shape index (κ2) is 25.0. The first-order valence-electron chi connectivity index (χ1n) is 36.3.